The van der Waals surface area contributed by atoms with E-state index in [1.165, 1.54) is 0 Å². The smallest absolute Gasteiger partial charge is 0.306 e. The molecule has 0 aliphatic rings. The first-order valence-electron chi connectivity index (χ1n) is 6.09. The second kappa shape index (κ2) is 9.44. The Morgan fingerprint density at radius 2 is 1.89 bits per heavy atom. The number of amides is 1. The Labute approximate surface area is 107 Å². The number of rotatable bonds is 9. The number of carbonyl (C=O) groups excluding carboxylic acids is 2. The summed E-state index contributed by atoms with van der Waals surface area (Å²) in [6.45, 7) is 4.32. The van der Waals surface area contributed by atoms with Gasteiger partial charge in [-0.1, -0.05) is 6.92 Å². The highest BCUT2D eigenvalue weighted by Crippen LogP contribution is 2.04. The van der Waals surface area contributed by atoms with E-state index in [0.717, 1.165) is 0 Å². The van der Waals surface area contributed by atoms with Crippen LogP contribution >= 0.6 is 0 Å². The highest BCUT2D eigenvalue weighted by atomic mass is 16.5. The maximum atomic E-state index is 11.4. The second-order valence-electron chi connectivity index (χ2n) is 4.15. The van der Waals surface area contributed by atoms with E-state index in [9.17, 15) is 14.4 Å². The zero-order valence-electron chi connectivity index (χ0n) is 10.9. The van der Waals surface area contributed by atoms with E-state index in [4.69, 9.17) is 9.84 Å². The molecule has 2 N–H and O–H groups in total. The van der Waals surface area contributed by atoms with Gasteiger partial charge in [-0.25, -0.2) is 0 Å². The SMILES string of the molecule is CCOC(=O)CCC(=O)NCC(C)CCC(=O)O. The van der Waals surface area contributed by atoms with Gasteiger partial charge < -0.3 is 15.2 Å². The number of carboxylic acids is 1. The molecule has 0 radical (unpaired) electrons. The van der Waals surface area contributed by atoms with Crippen LogP contribution in [0.15, 0.2) is 0 Å². The molecule has 18 heavy (non-hydrogen) atoms. The summed E-state index contributed by atoms with van der Waals surface area (Å²) in [4.78, 5) is 32.7. The average Bonchev–Trinajstić information content (AvgIpc) is 2.31. The molecule has 0 aromatic carbocycles. The molecule has 0 heterocycles. The van der Waals surface area contributed by atoms with Gasteiger partial charge in [-0.15, -0.1) is 0 Å². The Morgan fingerprint density at radius 1 is 1.22 bits per heavy atom. The first-order valence-corrected chi connectivity index (χ1v) is 6.09. The van der Waals surface area contributed by atoms with Gasteiger partial charge in [-0.3, -0.25) is 14.4 Å². The van der Waals surface area contributed by atoms with Gasteiger partial charge in [0, 0.05) is 19.4 Å². The van der Waals surface area contributed by atoms with Crippen LogP contribution in [-0.4, -0.2) is 36.1 Å². The van der Waals surface area contributed by atoms with Crippen LogP contribution in [0.25, 0.3) is 0 Å². The average molecular weight is 259 g/mol. The summed E-state index contributed by atoms with van der Waals surface area (Å²) in [5.74, 6) is -1.33. The van der Waals surface area contributed by atoms with E-state index < -0.39 is 5.97 Å². The van der Waals surface area contributed by atoms with Crippen molar-refractivity contribution in [3.05, 3.63) is 0 Å². The molecule has 0 rings (SSSR count). The lowest BCUT2D eigenvalue weighted by Gasteiger charge is -2.11. The summed E-state index contributed by atoms with van der Waals surface area (Å²) in [7, 11) is 0. The van der Waals surface area contributed by atoms with Gasteiger partial charge in [0.2, 0.25) is 5.91 Å². The number of carbonyl (C=O) groups is 3. The molecule has 104 valence electrons. The van der Waals surface area contributed by atoms with E-state index in [0.29, 0.717) is 19.6 Å². The standard InChI is InChI=1S/C12H21NO5/c1-3-18-12(17)7-5-10(14)13-8-9(2)4-6-11(15)16/h9H,3-8H2,1-2H3,(H,13,14)(H,15,16). The van der Waals surface area contributed by atoms with Gasteiger partial charge >= 0.3 is 11.9 Å². The van der Waals surface area contributed by atoms with Crippen LogP contribution in [-0.2, 0) is 19.1 Å². The third-order valence-corrected chi connectivity index (χ3v) is 2.36. The number of ether oxygens (including phenoxy) is 1. The van der Waals surface area contributed by atoms with Crippen molar-refractivity contribution in [3.8, 4) is 0 Å². The first kappa shape index (κ1) is 16.4. The molecule has 0 saturated carbocycles. The van der Waals surface area contributed by atoms with Gasteiger partial charge in [0.05, 0.1) is 13.0 Å². The molecule has 6 nitrogen and oxygen atoms in total. The van der Waals surface area contributed by atoms with E-state index in [-0.39, 0.29) is 37.1 Å². The van der Waals surface area contributed by atoms with Gasteiger partial charge in [0.25, 0.3) is 0 Å². The zero-order valence-corrected chi connectivity index (χ0v) is 10.9. The van der Waals surface area contributed by atoms with Crippen molar-refractivity contribution in [2.24, 2.45) is 5.92 Å². The maximum absolute atomic E-state index is 11.4. The fraction of sp³-hybridized carbons (Fsp3) is 0.750. The summed E-state index contributed by atoms with van der Waals surface area (Å²) < 4.78 is 4.70. The Kier molecular flexibility index (Phi) is 8.61. The molecule has 0 bridgehead atoms. The molecular weight excluding hydrogens is 238 g/mol. The van der Waals surface area contributed by atoms with Crippen molar-refractivity contribution in [2.45, 2.75) is 39.5 Å². The molecule has 1 unspecified atom stereocenters. The fourth-order valence-corrected chi connectivity index (χ4v) is 1.30. The molecular formula is C12H21NO5. The molecule has 1 atom stereocenters. The lowest BCUT2D eigenvalue weighted by atomic mass is 10.1. The molecule has 0 fully saturated rings. The van der Waals surface area contributed by atoms with Crippen LogP contribution in [0, 0.1) is 5.92 Å². The number of aliphatic carboxylic acids is 1. The van der Waals surface area contributed by atoms with Crippen molar-refractivity contribution >= 4 is 17.8 Å². The van der Waals surface area contributed by atoms with E-state index >= 15 is 0 Å². The quantitative estimate of drug-likeness (QED) is 0.601. The monoisotopic (exact) mass is 259 g/mol. The topological polar surface area (TPSA) is 92.7 Å². The molecule has 0 aromatic rings. The Balaban J connectivity index is 3.63. The summed E-state index contributed by atoms with van der Waals surface area (Å²) in [6.07, 6.45) is 0.793. The predicted molar refractivity (Wildman–Crippen MR) is 64.9 cm³/mol. The zero-order chi connectivity index (χ0) is 14.0. The van der Waals surface area contributed by atoms with Gasteiger partial charge in [0.1, 0.15) is 0 Å². The molecule has 0 spiro atoms. The number of esters is 1. The summed E-state index contributed by atoms with van der Waals surface area (Å²) in [5.41, 5.74) is 0. The van der Waals surface area contributed by atoms with E-state index in [1.54, 1.807) is 6.92 Å². The summed E-state index contributed by atoms with van der Waals surface area (Å²) in [5, 5.41) is 11.2. The molecule has 0 aliphatic carbocycles. The minimum absolute atomic E-state index is 0.0726. The highest BCUT2D eigenvalue weighted by molar-refractivity contribution is 5.81. The van der Waals surface area contributed by atoms with Crippen LogP contribution in [0.5, 0.6) is 0 Å². The summed E-state index contributed by atoms with van der Waals surface area (Å²) >= 11 is 0. The van der Waals surface area contributed by atoms with Crippen molar-refractivity contribution in [3.63, 3.8) is 0 Å². The number of hydrogen-bond donors (Lipinski definition) is 2. The van der Waals surface area contributed by atoms with Crippen molar-refractivity contribution in [1.82, 2.24) is 5.32 Å². The molecule has 6 heteroatoms. The van der Waals surface area contributed by atoms with Gasteiger partial charge in [0.15, 0.2) is 0 Å². The second-order valence-corrected chi connectivity index (χ2v) is 4.15. The number of carboxylic acid groups (broad SMARTS) is 1. The van der Waals surface area contributed by atoms with Gasteiger partial charge in [-0.05, 0) is 19.3 Å². The Bertz CT molecular complexity index is 290. The lowest BCUT2D eigenvalue weighted by Crippen LogP contribution is -2.28. The van der Waals surface area contributed by atoms with Crippen molar-refractivity contribution in [2.75, 3.05) is 13.2 Å². The Hall–Kier alpha value is -1.59. The van der Waals surface area contributed by atoms with Crippen LogP contribution in [0.1, 0.15) is 39.5 Å². The highest BCUT2D eigenvalue weighted by Gasteiger charge is 2.10. The normalized spacial score (nSPS) is 11.7. The van der Waals surface area contributed by atoms with Gasteiger partial charge in [-0.2, -0.15) is 0 Å². The van der Waals surface area contributed by atoms with Crippen LogP contribution in [0.3, 0.4) is 0 Å². The fourth-order valence-electron chi connectivity index (χ4n) is 1.30. The minimum Gasteiger partial charge on any atom is -0.481 e. The minimum atomic E-state index is -0.838. The molecule has 0 saturated heterocycles. The van der Waals surface area contributed by atoms with Crippen LogP contribution in [0.2, 0.25) is 0 Å². The number of nitrogens with one attached hydrogen (secondary N) is 1. The largest absolute Gasteiger partial charge is 0.481 e. The van der Waals surface area contributed by atoms with E-state index in [2.05, 4.69) is 5.32 Å². The van der Waals surface area contributed by atoms with Crippen molar-refractivity contribution < 1.29 is 24.2 Å². The molecule has 0 aromatic heterocycles. The third kappa shape index (κ3) is 9.62. The third-order valence-electron chi connectivity index (χ3n) is 2.36. The Morgan fingerprint density at radius 3 is 2.44 bits per heavy atom. The number of hydrogen-bond acceptors (Lipinski definition) is 4. The maximum Gasteiger partial charge on any atom is 0.306 e. The van der Waals surface area contributed by atoms with Crippen LogP contribution < -0.4 is 5.32 Å². The molecule has 0 aliphatic heterocycles. The van der Waals surface area contributed by atoms with Crippen LogP contribution in [0.4, 0.5) is 0 Å². The molecule has 1 amide bonds. The van der Waals surface area contributed by atoms with E-state index in [1.807, 2.05) is 6.92 Å². The predicted octanol–water partition coefficient (Wildman–Crippen LogP) is 0.947. The first-order chi connectivity index (χ1) is 8.45. The summed E-state index contributed by atoms with van der Waals surface area (Å²) in [6, 6.07) is 0. The van der Waals surface area contributed by atoms with Crippen molar-refractivity contribution in [1.29, 1.82) is 0 Å². The lowest BCUT2D eigenvalue weighted by molar-refractivity contribution is -0.144.